The Morgan fingerprint density at radius 2 is 1.58 bits per heavy atom. The fourth-order valence-electron chi connectivity index (χ4n) is 4.33. The van der Waals surface area contributed by atoms with Gasteiger partial charge in [0.2, 0.25) is 10.0 Å². The van der Waals surface area contributed by atoms with Crippen LogP contribution in [0.15, 0.2) is 34.1 Å². The van der Waals surface area contributed by atoms with Crippen molar-refractivity contribution in [3.05, 3.63) is 24.3 Å². The minimum absolute atomic E-state index is 0.0360. The van der Waals surface area contributed by atoms with E-state index in [0.29, 0.717) is 25.2 Å². The van der Waals surface area contributed by atoms with E-state index in [-0.39, 0.29) is 15.8 Å². The molecular formula is C18H28N2O4S2. The molecule has 0 N–H and O–H groups in total. The summed E-state index contributed by atoms with van der Waals surface area (Å²) in [6, 6.07) is 6.86. The second-order valence-corrected chi connectivity index (χ2v) is 11.6. The van der Waals surface area contributed by atoms with Crippen molar-refractivity contribution in [2.75, 3.05) is 19.3 Å². The summed E-state index contributed by atoms with van der Waals surface area (Å²) in [7, 11) is -7.15. The van der Waals surface area contributed by atoms with Crippen LogP contribution in [-0.4, -0.2) is 63.5 Å². The van der Waals surface area contributed by atoms with Crippen LogP contribution in [0.3, 0.4) is 0 Å². The van der Waals surface area contributed by atoms with Crippen LogP contribution in [-0.2, 0) is 19.9 Å². The summed E-state index contributed by atoms with van der Waals surface area (Å²) in [6.45, 7) is 5.39. The van der Waals surface area contributed by atoms with Crippen LogP contribution < -0.4 is 0 Å². The normalized spacial score (nSPS) is 29.1. The quantitative estimate of drug-likeness (QED) is 0.774. The van der Waals surface area contributed by atoms with E-state index < -0.39 is 19.9 Å². The number of likely N-dealkylation sites (tertiary alicyclic amines) is 1. The van der Waals surface area contributed by atoms with Crippen LogP contribution >= 0.6 is 0 Å². The van der Waals surface area contributed by atoms with E-state index in [1.807, 2.05) is 0 Å². The molecule has 1 aromatic rings. The molecule has 3 atom stereocenters. The zero-order chi connectivity index (χ0) is 19.1. The summed E-state index contributed by atoms with van der Waals surface area (Å²) in [5.74, 6) is 0. The third-order valence-corrected chi connectivity index (χ3v) is 8.64. The van der Waals surface area contributed by atoms with E-state index in [4.69, 9.17) is 0 Å². The van der Waals surface area contributed by atoms with E-state index in [2.05, 4.69) is 18.7 Å². The minimum atomic E-state index is -3.70. The van der Waals surface area contributed by atoms with Crippen LogP contribution in [0.1, 0.15) is 39.5 Å². The van der Waals surface area contributed by atoms with Crippen molar-refractivity contribution >= 4 is 19.9 Å². The van der Waals surface area contributed by atoms with Crippen molar-refractivity contribution in [3.63, 3.8) is 0 Å². The molecule has 6 nitrogen and oxygen atoms in total. The number of sulfonamides is 1. The third-order valence-electron chi connectivity index (χ3n) is 5.67. The number of piperidine rings is 1. The lowest BCUT2D eigenvalue weighted by molar-refractivity contribution is 0.0979. The number of sulfone groups is 1. The van der Waals surface area contributed by atoms with Gasteiger partial charge in [-0.05, 0) is 57.7 Å². The summed E-state index contributed by atoms with van der Waals surface area (Å²) < 4.78 is 51.3. The molecule has 1 aromatic carbocycles. The van der Waals surface area contributed by atoms with Crippen molar-refractivity contribution < 1.29 is 16.8 Å². The first-order valence-electron chi connectivity index (χ1n) is 9.18. The largest absolute Gasteiger partial charge is 0.294 e. The molecule has 2 aliphatic rings. The van der Waals surface area contributed by atoms with Gasteiger partial charge in [0.15, 0.2) is 9.84 Å². The van der Waals surface area contributed by atoms with Gasteiger partial charge in [-0.2, -0.15) is 4.31 Å². The Balaban J connectivity index is 1.86. The second-order valence-electron chi connectivity index (χ2n) is 7.63. The van der Waals surface area contributed by atoms with Crippen molar-refractivity contribution in [2.45, 2.75) is 67.4 Å². The van der Waals surface area contributed by atoms with E-state index in [1.54, 1.807) is 0 Å². The van der Waals surface area contributed by atoms with Crippen molar-refractivity contribution in [1.29, 1.82) is 0 Å². The van der Waals surface area contributed by atoms with Gasteiger partial charge in [-0.25, -0.2) is 16.8 Å². The molecule has 0 spiro atoms. The minimum Gasteiger partial charge on any atom is -0.294 e. The molecule has 0 unspecified atom stereocenters. The molecule has 0 radical (unpaired) electrons. The number of rotatable bonds is 4. The predicted octanol–water partition coefficient (Wildman–Crippen LogP) is 2.12. The summed E-state index contributed by atoms with van der Waals surface area (Å²) in [5, 5.41) is 0. The summed E-state index contributed by atoms with van der Waals surface area (Å²) in [6.07, 6.45) is 5.23. The van der Waals surface area contributed by atoms with Gasteiger partial charge < -0.3 is 0 Å². The summed E-state index contributed by atoms with van der Waals surface area (Å²) in [5.41, 5.74) is 0. The number of hydrogen-bond donors (Lipinski definition) is 0. The maximum atomic E-state index is 13.1. The maximum absolute atomic E-state index is 13.1. The molecular weight excluding hydrogens is 372 g/mol. The molecule has 2 saturated heterocycles. The average molecular weight is 401 g/mol. The first-order valence-corrected chi connectivity index (χ1v) is 12.5. The van der Waals surface area contributed by atoms with E-state index in [1.165, 1.54) is 28.6 Å². The molecule has 2 heterocycles. The van der Waals surface area contributed by atoms with Crippen molar-refractivity contribution in [1.82, 2.24) is 9.21 Å². The van der Waals surface area contributed by atoms with Gasteiger partial charge in [0.25, 0.3) is 0 Å². The van der Waals surface area contributed by atoms with Gasteiger partial charge in [0.05, 0.1) is 9.79 Å². The summed E-state index contributed by atoms with van der Waals surface area (Å²) >= 11 is 0. The lowest BCUT2D eigenvalue weighted by Gasteiger charge is -2.41. The molecule has 0 saturated carbocycles. The van der Waals surface area contributed by atoms with Gasteiger partial charge in [0, 0.05) is 37.5 Å². The Labute approximate surface area is 157 Å². The predicted molar refractivity (Wildman–Crippen MR) is 101 cm³/mol. The standard InChI is InChI=1S/C18H28N2O4S2/c1-14-9-10-15(2)20(14)16-6-5-11-19(13-16)26(23,24)18-8-4-7-17(12-18)25(3,21)22/h4,7-8,12,14-16H,5-6,9-11,13H2,1-3H3/t14-,15-,16+/m1/s1. The van der Waals surface area contributed by atoms with Gasteiger partial charge in [0.1, 0.15) is 0 Å². The SMILES string of the molecule is C[C@@H]1CC[C@@H](C)N1[C@H]1CCCN(S(=O)(=O)c2cccc(S(C)(=O)=O)c2)C1. The van der Waals surface area contributed by atoms with Crippen LogP contribution in [0.25, 0.3) is 0 Å². The van der Waals surface area contributed by atoms with Crippen molar-refractivity contribution in [2.24, 2.45) is 0 Å². The molecule has 0 amide bonds. The molecule has 2 fully saturated rings. The van der Waals surface area contributed by atoms with Gasteiger partial charge in [-0.3, -0.25) is 4.90 Å². The molecule has 0 bridgehead atoms. The summed E-state index contributed by atoms with van der Waals surface area (Å²) in [4.78, 5) is 2.56. The highest BCUT2D eigenvalue weighted by molar-refractivity contribution is 7.91. The molecule has 26 heavy (non-hydrogen) atoms. The van der Waals surface area contributed by atoms with Gasteiger partial charge in [-0.15, -0.1) is 0 Å². The average Bonchev–Trinajstić information content (AvgIpc) is 2.93. The zero-order valence-electron chi connectivity index (χ0n) is 15.6. The topological polar surface area (TPSA) is 74.8 Å². The Morgan fingerprint density at radius 1 is 0.962 bits per heavy atom. The van der Waals surface area contributed by atoms with Gasteiger partial charge in [-0.1, -0.05) is 6.07 Å². The molecule has 0 aromatic heterocycles. The molecule has 146 valence electrons. The Morgan fingerprint density at radius 3 is 2.19 bits per heavy atom. The highest BCUT2D eigenvalue weighted by atomic mass is 32.2. The molecule has 0 aliphatic carbocycles. The van der Waals surface area contributed by atoms with E-state index >= 15 is 0 Å². The number of nitrogens with zero attached hydrogens (tertiary/aromatic N) is 2. The Hall–Kier alpha value is -0.960. The lowest BCUT2D eigenvalue weighted by atomic mass is 10.0. The first-order chi connectivity index (χ1) is 12.1. The molecule has 3 rings (SSSR count). The second kappa shape index (κ2) is 7.22. The highest BCUT2D eigenvalue weighted by Crippen LogP contribution is 2.31. The van der Waals surface area contributed by atoms with E-state index in [9.17, 15) is 16.8 Å². The van der Waals surface area contributed by atoms with E-state index in [0.717, 1.165) is 31.9 Å². The van der Waals surface area contributed by atoms with Crippen LogP contribution in [0.4, 0.5) is 0 Å². The van der Waals surface area contributed by atoms with Gasteiger partial charge >= 0.3 is 0 Å². The first kappa shape index (κ1) is 19.8. The Kier molecular flexibility index (Phi) is 5.50. The molecule has 2 aliphatic heterocycles. The fraction of sp³-hybridized carbons (Fsp3) is 0.667. The van der Waals surface area contributed by atoms with Crippen molar-refractivity contribution in [3.8, 4) is 0 Å². The van der Waals surface area contributed by atoms with Crippen LogP contribution in [0.5, 0.6) is 0 Å². The zero-order valence-corrected chi connectivity index (χ0v) is 17.3. The van der Waals surface area contributed by atoms with Crippen LogP contribution in [0, 0.1) is 0 Å². The monoisotopic (exact) mass is 400 g/mol. The molecule has 8 heteroatoms. The smallest absolute Gasteiger partial charge is 0.243 e. The lowest BCUT2D eigenvalue weighted by Crippen LogP contribution is -2.52. The highest BCUT2D eigenvalue weighted by Gasteiger charge is 2.38. The number of benzene rings is 1. The third kappa shape index (κ3) is 3.83. The van der Waals surface area contributed by atoms with Crippen LogP contribution in [0.2, 0.25) is 0 Å². The number of hydrogen-bond acceptors (Lipinski definition) is 5. The maximum Gasteiger partial charge on any atom is 0.243 e. The Bertz CT molecular complexity index is 857. The fourth-order valence-corrected chi connectivity index (χ4v) is 6.64.